The molecule has 3 rings (SSSR count). The number of nitrogens with zero attached hydrogens (tertiary/aromatic N) is 3. The van der Waals surface area contributed by atoms with Gasteiger partial charge in [0.05, 0.1) is 22.4 Å². The van der Waals surface area contributed by atoms with Crippen molar-refractivity contribution < 1.29 is 4.79 Å². The summed E-state index contributed by atoms with van der Waals surface area (Å²) in [7, 11) is 0. The molecule has 3 N–H and O–H groups in total. The van der Waals surface area contributed by atoms with Gasteiger partial charge in [-0.15, -0.1) is 10.2 Å². The fourth-order valence-corrected chi connectivity index (χ4v) is 4.63. The third-order valence-corrected chi connectivity index (χ3v) is 6.27. The maximum Gasteiger partial charge on any atom is 0.258 e. The number of aromatic amines is 1. The minimum absolute atomic E-state index is 0.144. The molecule has 1 aromatic carbocycles. The van der Waals surface area contributed by atoms with Crippen LogP contribution in [-0.2, 0) is 10.5 Å². The van der Waals surface area contributed by atoms with E-state index in [2.05, 4.69) is 20.2 Å². The molecule has 0 unspecified atom stereocenters. The van der Waals surface area contributed by atoms with Crippen molar-refractivity contribution in [1.82, 2.24) is 20.2 Å². The number of hydrogen-bond acceptors (Lipinski definition) is 8. The van der Waals surface area contributed by atoms with Gasteiger partial charge in [-0.1, -0.05) is 47.0 Å². The molecular weight excluding hydrogens is 366 g/mol. The first-order chi connectivity index (χ1) is 11.5. The predicted molar refractivity (Wildman–Crippen MR) is 96.5 cm³/mol. The molecule has 0 spiro atoms. The molecule has 7 nitrogen and oxygen atoms in total. The third kappa shape index (κ3) is 3.94. The highest BCUT2D eigenvalue weighted by molar-refractivity contribution is 8.03. The van der Waals surface area contributed by atoms with Crippen LogP contribution in [0.3, 0.4) is 0 Å². The molecule has 0 atom stereocenters. The maximum absolute atomic E-state index is 12.1. The first kappa shape index (κ1) is 16.9. The summed E-state index contributed by atoms with van der Waals surface area (Å²) in [6.07, 6.45) is 0. The van der Waals surface area contributed by atoms with Gasteiger partial charge in [-0.25, -0.2) is 4.98 Å². The van der Waals surface area contributed by atoms with Crippen LogP contribution in [0.4, 0.5) is 0 Å². The molecule has 2 heterocycles. The zero-order valence-electron chi connectivity index (χ0n) is 12.6. The summed E-state index contributed by atoms with van der Waals surface area (Å²) in [4.78, 5) is 30.2. The van der Waals surface area contributed by atoms with Crippen molar-refractivity contribution in [2.45, 2.75) is 21.4 Å². The zero-order valence-corrected chi connectivity index (χ0v) is 15.1. The molecule has 3 aromatic rings. The third-order valence-electron chi connectivity index (χ3n) is 3.05. The average molecular weight is 379 g/mol. The Morgan fingerprint density at radius 1 is 1.29 bits per heavy atom. The van der Waals surface area contributed by atoms with Gasteiger partial charge in [0.15, 0.2) is 8.68 Å². The average Bonchev–Trinajstić information content (AvgIpc) is 3.00. The summed E-state index contributed by atoms with van der Waals surface area (Å²) in [6.45, 7) is 1.93. The lowest BCUT2D eigenvalue weighted by atomic mass is 10.1. The number of benzene rings is 1. The van der Waals surface area contributed by atoms with Crippen molar-refractivity contribution in [1.29, 1.82) is 0 Å². The first-order valence-electron chi connectivity index (χ1n) is 6.89. The smallest absolute Gasteiger partial charge is 0.258 e. The van der Waals surface area contributed by atoms with Gasteiger partial charge in [-0.2, -0.15) is 0 Å². The SMILES string of the molecule is Cc1cccc2c(=O)[nH]c(CSc3nnc(SCC(N)=O)s3)nc12. The van der Waals surface area contributed by atoms with Crippen LogP contribution < -0.4 is 11.3 Å². The number of H-pyrrole nitrogens is 1. The van der Waals surface area contributed by atoms with E-state index in [9.17, 15) is 9.59 Å². The molecule has 0 bridgehead atoms. The largest absolute Gasteiger partial charge is 0.369 e. The van der Waals surface area contributed by atoms with E-state index in [1.807, 2.05) is 19.1 Å². The zero-order chi connectivity index (χ0) is 17.1. The van der Waals surface area contributed by atoms with Crippen LogP contribution in [0.1, 0.15) is 11.4 Å². The van der Waals surface area contributed by atoms with Gasteiger partial charge in [-0.05, 0) is 18.6 Å². The van der Waals surface area contributed by atoms with Crippen molar-refractivity contribution in [2.75, 3.05) is 5.75 Å². The van der Waals surface area contributed by atoms with Gasteiger partial charge >= 0.3 is 0 Å². The van der Waals surface area contributed by atoms with Gasteiger partial charge in [0.25, 0.3) is 5.56 Å². The van der Waals surface area contributed by atoms with Crippen LogP contribution in [0.15, 0.2) is 31.7 Å². The fourth-order valence-electron chi connectivity index (χ4n) is 2.00. The number of carbonyl (C=O) groups is 1. The topological polar surface area (TPSA) is 115 Å². The van der Waals surface area contributed by atoms with Gasteiger partial charge in [0.1, 0.15) is 5.82 Å². The molecule has 1 amide bonds. The molecule has 0 aliphatic rings. The number of fused-ring (bicyclic) bond motifs is 1. The molecule has 124 valence electrons. The van der Waals surface area contributed by atoms with Gasteiger partial charge in [-0.3, -0.25) is 9.59 Å². The van der Waals surface area contributed by atoms with Crippen LogP contribution in [0.5, 0.6) is 0 Å². The van der Waals surface area contributed by atoms with Crippen molar-refractivity contribution in [3.05, 3.63) is 39.9 Å². The van der Waals surface area contributed by atoms with Crippen LogP contribution in [0.25, 0.3) is 10.9 Å². The highest BCUT2D eigenvalue weighted by Crippen LogP contribution is 2.30. The minimum Gasteiger partial charge on any atom is -0.369 e. The highest BCUT2D eigenvalue weighted by Gasteiger charge is 2.10. The van der Waals surface area contributed by atoms with E-state index in [1.165, 1.54) is 34.9 Å². The molecule has 0 saturated carbocycles. The van der Waals surface area contributed by atoms with Gasteiger partial charge in [0, 0.05) is 0 Å². The Morgan fingerprint density at radius 3 is 2.79 bits per heavy atom. The van der Waals surface area contributed by atoms with Crippen molar-refractivity contribution in [2.24, 2.45) is 5.73 Å². The molecule has 2 aromatic heterocycles. The van der Waals surface area contributed by atoms with Crippen LogP contribution in [0, 0.1) is 6.92 Å². The summed E-state index contributed by atoms with van der Waals surface area (Å²) >= 11 is 4.08. The predicted octanol–water partition coefficient (Wildman–Crippen LogP) is 1.95. The fraction of sp³-hybridized carbons (Fsp3) is 0.214. The van der Waals surface area contributed by atoms with Crippen LogP contribution in [0.2, 0.25) is 0 Å². The molecule has 0 aliphatic carbocycles. The monoisotopic (exact) mass is 379 g/mol. The second-order valence-electron chi connectivity index (χ2n) is 4.86. The number of aryl methyl sites for hydroxylation is 1. The summed E-state index contributed by atoms with van der Waals surface area (Å²) in [6, 6.07) is 5.53. The van der Waals surface area contributed by atoms with E-state index in [0.29, 0.717) is 26.8 Å². The molecular formula is C14H13N5O2S3. The Labute approximate surface area is 149 Å². The van der Waals surface area contributed by atoms with E-state index in [-0.39, 0.29) is 11.3 Å². The number of thioether (sulfide) groups is 2. The second kappa shape index (κ2) is 7.32. The lowest BCUT2D eigenvalue weighted by molar-refractivity contribution is -0.115. The van der Waals surface area contributed by atoms with Crippen molar-refractivity contribution >= 4 is 51.7 Å². The minimum atomic E-state index is -0.391. The van der Waals surface area contributed by atoms with Crippen LogP contribution in [-0.4, -0.2) is 31.8 Å². The lowest BCUT2D eigenvalue weighted by Gasteiger charge is -2.03. The quantitative estimate of drug-likeness (QED) is 0.629. The maximum atomic E-state index is 12.1. The van der Waals surface area contributed by atoms with E-state index >= 15 is 0 Å². The van der Waals surface area contributed by atoms with Gasteiger partial charge in [0.2, 0.25) is 5.91 Å². The molecule has 0 fully saturated rings. The number of aromatic nitrogens is 4. The van der Waals surface area contributed by atoms with E-state index in [1.54, 1.807) is 6.07 Å². The number of para-hydroxylation sites is 1. The number of hydrogen-bond donors (Lipinski definition) is 2. The Balaban J connectivity index is 1.73. The molecule has 24 heavy (non-hydrogen) atoms. The number of amides is 1. The Hall–Kier alpha value is -1.91. The summed E-state index contributed by atoms with van der Waals surface area (Å²) in [5.41, 5.74) is 6.64. The molecule has 10 heteroatoms. The van der Waals surface area contributed by atoms with E-state index < -0.39 is 5.91 Å². The Bertz CT molecular complexity index is 953. The van der Waals surface area contributed by atoms with E-state index in [4.69, 9.17) is 5.73 Å². The normalized spacial score (nSPS) is 11.0. The highest BCUT2D eigenvalue weighted by atomic mass is 32.2. The number of rotatable bonds is 6. The van der Waals surface area contributed by atoms with Crippen molar-refractivity contribution in [3.8, 4) is 0 Å². The summed E-state index contributed by atoms with van der Waals surface area (Å²) in [5, 5.41) is 8.63. The molecule has 0 saturated heterocycles. The Kier molecular flexibility index (Phi) is 5.17. The lowest BCUT2D eigenvalue weighted by Crippen LogP contribution is -2.12. The number of primary amides is 1. The Morgan fingerprint density at radius 2 is 2.04 bits per heavy atom. The number of carbonyl (C=O) groups excluding carboxylic acids is 1. The first-order valence-corrected chi connectivity index (χ1v) is 9.67. The van der Waals surface area contributed by atoms with Gasteiger partial charge < -0.3 is 10.7 Å². The van der Waals surface area contributed by atoms with Crippen molar-refractivity contribution in [3.63, 3.8) is 0 Å². The summed E-state index contributed by atoms with van der Waals surface area (Å²) < 4.78 is 1.43. The second-order valence-corrected chi connectivity index (χ2v) is 8.28. The number of nitrogens with one attached hydrogen (secondary N) is 1. The van der Waals surface area contributed by atoms with E-state index in [0.717, 1.165) is 9.90 Å². The number of nitrogens with two attached hydrogens (primary N) is 1. The molecule has 0 aliphatic heterocycles. The standard InChI is InChI=1S/C14H13N5O2S3/c1-7-3-2-4-8-11(7)16-10(17-12(8)21)6-23-14-19-18-13(24-14)22-5-9(15)20/h2-4H,5-6H2,1H3,(H2,15,20)(H,16,17,21). The van der Waals surface area contributed by atoms with Crippen LogP contribution >= 0.6 is 34.9 Å². The molecule has 0 radical (unpaired) electrons. The summed E-state index contributed by atoms with van der Waals surface area (Å²) in [5.74, 6) is 0.860.